The van der Waals surface area contributed by atoms with E-state index >= 15 is 0 Å². The van der Waals surface area contributed by atoms with E-state index in [0.29, 0.717) is 12.2 Å². The van der Waals surface area contributed by atoms with Crippen LogP contribution in [0.1, 0.15) is 34.8 Å². The van der Waals surface area contributed by atoms with Gasteiger partial charge in [-0.05, 0) is 42.2 Å². The van der Waals surface area contributed by atoms with Gasteiger partial charge in [-0.25, -0.2) is 0 Å². The summed E-state index contributed by atoms with van der Waals surface area (Å²) in [6.07, 6.45) is 1.27. The highest BCUT2D eigenvalue weighted by Crippen LogP contribution is 2.36. The van der Waals surface area contributed by atoms with Crippen LogP contribution in [-0.4, -0.2) is 5.11 Å². The lowest BCUT2D eigenvalue weighted by Gasteiger charge is -2.11. The fourth-order valence-electron chi connectivity index (χ4n) is 2.57. The molecule has 0 spiro atoms. The first kappa shape index (κ1) is 12.7. The number of hydrogen-bond donors (Lipinski definition) is 1. The average Bonchev–Trinajstić information content (AvgIpc) is 2.88. The van der Waals surface area contributed by atoms with E-state index in [1.807, 2.05) is 30.3 Å². The third-order valence-corrected chi connectivity index (χ3v) is 3.67. The van der Waals surface area contributed by atoms with E-state index in [-0.39, 0.29) is 6.10 Å². The molecule has 0 fully saturated rings. The number of ether oxygens (including phenoxy) is 1. The molecule has 2 aromatic rings. The molecule has 0 aliphatic heterocycles. The van der Waals surface area contributed by atoms with Gasteiger partial charge in [0, 0.05) is 5.56 Å². The summed E-state index contributed by atoms with van der Waals surface area (Å²) in [5.74, 6) is 0.850. The van der Waals surface area contributed by atoms with E-state index in [2.05, 4.69) is 6.07 Å². The van der Waals surface area contributed by atoms with Gasteiger partial charge in [-0.3, -0.25) is 0 Å². The van der Waals surface area contributed by atoms with Gasteiger partial charge >= 0.3 is 0 Å². The smallest absolute Gasteiger partial charge is 0.123 e. The molecule has 3 rings (SSSR count). The average molecular weight is 265 g/mol. The second-order valence-electron chi connectivity index (χ2n) is 4.98. The molecule has 0 saturated carbocycles. The Morgan fingerprint density at radius 3 is 2.75 bits per heavy atom. The van der Waals surface area contributed by atoms with Crippen LogP contribution in [0.5, 0.6) is 5.75 Å². The van der Waals surface area contributed by atoms with Crippen LogP contribution in [0.25, 0.3) is 0 Å². The number of aliphatic hydroxyl groups excluding tert-OH is 1. The normalized spacial score (nSPS) is 16.5. The molecule has 1 aliphatic rings. The van der Waals surface area contributed by atoms with Gasteiger partial charge in [0.15, 0.2) is 0 Å². The zero-order valence-corrected chi connectivity index (χ0v) is 11.0. The summed E-state index contributed by atoms with van der Waals surface area (Å²) in [7, 11) is 0. The lowest BCUT2D eigenvalue weighted by atomic mass is 10.1. The highest BCUT2D eigenvalue weighted by Gasteiger charge is 2.23. The minimum Gasteiger partial charge on any atom is -0.489 e. The van der Waals surface area contributed by atoms with Gasteiger partial charge in [0.1, 0.15) is 12.4 Å². The lowest BCUT2D eigenvalue weighted by Crippen LogP contribution is -1.99. The van der Waals surface area contributed by atoms with Crippen molar-refractivity contribution in [3.05, 3.63) is 64.7 Å². The molecule has 0 bridgehead atoms. The minimum atomic E-state index is -0.358. The standard InChI is InChI=1S/C17H15NO2/c18-10-12-4-6-13(7-5-12)11-20-17-3-1-2-14-15(17)8-9-16(14)19/h1-7,16,19H,8-9,11H2. The Morgan fingerprint density at radius 1 is 1.20 bits per heavy atom. The Labute approximate surface area is 118 Å². The molecule has 0 heterocycles. The van der Waals surface area contributed by atoms with Crippen molar-refractivity contribution in [1.82, 2.24) is 0 Å². The van der Waals surface area contributed by atoms with E-state index in [1.54, 1.807) is 12.1 Å². The predicted molar refractivity (Wildman–Crippen MR) is 75.2 cm³/mol. The molecule has 3 heteroatoms. The number of nitrogens with zero attached hydrogens (tertiary/aromatic N) is 1. The van der Waals surface area contributed by atoms with Gasteiger partial charge in [-0.2, -0.15) is 5.26 Å². The maximum absolute atomic E-state index is 9.86. The van der Waals surface area contributed by atoms with Crippen molar-refractivity contribution in [2.45, 2.75) is 25.6 Å². The molecule has 20 heavy (non-hydrogen) atoms. The van der Waals surface area contributed by atoms with Crippen LogP contribution in [0.2, 0.25) is 0 Å². The van der Waals surface area contributed by atoms with E-state index < -0.39 is 0 Å². The fraction of sp³-hybridized carbons (Fsp3) is 0.235. The summed E-state index contributed by atoms with van der Waals surface area (Å²) in [4.78, 5) is 0. The number of aliphatic hydroxyl groups is 1. The van der Waals surface area contributed by atoms with Crippen molar-refractivity contribution in [2.75, 3.05) is 0 Å². The summed E-state index contributed by atoms with van der Waals surface area (Å²) in [5.41, 5.74) is 3.79. The van der Waals surface area contributed by atoms with Gasteiger partial charge in [-0.1, -0.05) is 24.3 Å². The summed E-state index contributed by atoms with van der Waals surface area (Å²) < 4.78 is 5.86. The first-order valence-corrected chi connectivity index (χ1v) is 6.69. The van der Waals surface area contributed by atoms with Crippen molar-refractivity contribution in [2.24, 2.45) is 0 Å². The van der Waals surface area contributed by atoms with Crippen LogP contribution in [0.3, 0.4) is 0 Å². The SMILES string of the molecule is N#Cc1ccc(COc2cccc3c2CCC3O)cc1. The largest absolute Gasteiger partial charge is 0.489 e. The zero-order valence-electron chi connectivity index (χ0n) is 11.0. The van der Waals surface area contributed by atoms with Gasteiger partial charge in [0.25, 0.3) is 0 Å². The van der Waals surface area contributed by atoms with Crippen molar-refractivity contribution < 1.29 is 9.84 Å². The molecule has 1 unspecified atom stereocenters. The Bertz CT molecular complexity index is 656. The number of rotatable bonds is 3. The number of fused-ring (bicyclic) bond motifs is 1. The molecule has 1 atom stereocenters. The van der Waals surface area contributed by atoms with Crippen LogP contribution in [-0.2, 0) is 13.0 Å². The quantitative estimate of drug-likeness (QED) is 0.927. The molecule has 0 radical (unpaired) electrons. The molecule has 100 valence electrons. The fourth-order valence-corrected chi connectivity index (χ4v) is 2.57. The number of benzene rings is 2. The highest BCUT2D eigenvalue weighted by molar-refractivity contribution is 5.44. The minimum absolute atomic E-state index is 0.358. The highest BCUT2D eigenvalue weighted by atomic mass is 16.5. The van der Waals surface area contributed by atoms with Crippen LogP contribution in [0.15, 0.2) is 42.5 Å². The molecule has 1 aliphatic carbocycles. The van der Waals surface area contributed by atoms with Gasteiger partial charge in [0.2, 0.25) is 0 Å². The van der Waals surface area contributed by atoms with Crippen molar-refractivity contribution in [3.63, 3.8) is 0 Å². The topological polar surface area (TPSA) is 53.2 Å². The monoisotopic (exact) mass is 265 g/mol. The van der Waals surface area contributed by atoms with Gasteiger partial charge in [0.05, 0.1) is 17.7 Å². The van der Waals surface area contributed by atoms with Crippen LogP contribution in [0, 0.1) is 11.3 Å². The van der Waals surface area contributed by atoms with Crippen LogP contribution >= 0.6 is 0 Å². The van der Waals surface area contributed by atoms with Crippen molar-refractivity contribution in [3.8, 4) is 11.8 Å². The molecule has 0 saturated heterocycles. The molecular formula is C17H15NO2. The predicted octanol–water partition coefficient (Wildman–Crippen LogP) is 3.12. The molecule has 1 N–H and O–H groups in total. The van der Waals surface area contributed by atoms with Crippen molar-refractivity contribution in [1.29, 1.82) is 5.26 Å². The third-order valence-electron chi connectivity index (χ3n) is 3.67. The van der Waals surface area contributed by atoms with Gasteiger partial charge < -0.3 is 9.84 Å². The van der Waals surface area contributed by atoms with E-state index in [4.69, 9.17) is 10.00 Å². The van der Waals surface area contributed by atoms with E-state index in [9.17, 15) is 5.11 Å². The molecule has 3 nitrogen and oxygen atoms in total. The third kappa shape index (κ3) is 2.38. The number of nitriles is 1. The Balaban J connectivity index is 1.74. The van der Waals surface area contributed by atoms with Crippen LogP contribution in [0.4, 0.5) is 0 Å². The molecule has 0 aromatic heterocycles. The first-order chi connectivity index (χ1) is 9.78. The maximum Gasteiger partial charge on any atom is 0.123 e. The lowest BCUT2D eigenvalue weighted by molar-refractivity contribution is 0.180. The van der Waals surface area contributed by atoms with Crippen LogP contribution < -0.4 is 4.74 Å². The molecule has 0 amide bonds. The summed E-state index contributed by atoms with van der Waals surface area (Å²) >= 11 is 0. The number of hydrogen-bond acceptors (Lipinski definition) is 3. The van der Waals surface area contributed by atoms with Crippen molar-refractivity contribution >= 4 is 0 Å². The molecular weight excluding hydrogens is 250 g/mol. The summed E-state index contributed by atoms with van der Waals surface area (Å²) in [5, 5.41) is 18.6. The van der Waals surface area contributed by atoms with E-state index in [1.165, 1.54) is 0 Å². The second-order valence-corrected chi connectivity index (χ2v) is 4.98. The molecule has 2 aromatic carbocycles. The summed E-state index contributed by atoms with van der Waals surface area (Å²) in [6, 6.07) is 15.3. The Kier molecular flexibility index (Phi) is 3.41. The first-order valence-electron chi connectivity index (χ1n) is 6.69. The Hall–Kier alpha value is -2.31. The second kappa shape index (κ2) is 5.36. The summed E-state index contributed by atoms with van der Waals surface area (Å²) in [6.45, 7) is 0.470. The van der Waals surface area contributed by atoms with Gasteiger partial charge in [-0.15, -0.1) is 0 Å². The Morgan fingerprint density at radius 2 is 2.00 bits per heavy atom. The van der Waals surface area contributed by atoms with E-state index in [0.717, 1.165) is 35.3 Å². The zero-order chi connectivity index (χ0) is 13.9. The maximum atomic E-state index is 9.86.